The van der Waals surface area contributed by atoms with Gasteiger partial charge in [-0.2, -0.15) is 5.10 Å². The van der Waals surface area contributed by atoms with E-state index in [1.165, 1.54) is 0 Å². The quantitative estimate of drug-likeness (QED) is 0.757. The Labute approximate surface area is 164 Å². The molecule has 3 aromatic rings. The second kappa shape index (κ2) is 8.12. The van der Waals surface area contributed by atoms with E-state index in [0.717, 1.165) is 43.2 Å². The summed E-state index contributed by atoms with van der Waals surface area (Å²) in [6.45, 7) is 3.10. The van der Waals surface area contributed by atoms with Gasteiger partial charge < -0.3 is 14.5 Å². The molecule has 3 heterocycles. The number of nitrogens with one attached hydrogen (secondary N) is 1. The van der Waals surface area contributed by atoms with Gasteiger partial charge in [-0.15, -0.1) is 0 Å². The second-order valence-corrected chi connectivity index (χ2v) is 6.71. The first kappa shape index (κ1) is 18.0. The number of amides is 1. The molecule has 1 saturated heterocycles. The predicted octanol–water partition coefficient (Wildman–Crippen LogP) is 2.83. The van der Waals surface area contributed by atoms with Gasteiger partial charge in [0.15, 0.2) is 0 Å². The van der Waals surface area contributed by atoms with Crippen molar-refractivity contribution in [1.82, 2.24) is 20.1 Å². The van der Waals surface area contributed by atoms with Crippen molar-refractivity contribution in [3.05, 3.63) is 60.4 Å². The third kappa shape index (κ3) is 3.83. The molecule has 1 N–H and O–H groups in total. The number of ether oxygens (including phenoxy) is 1. The number of H-pyrrole nitrogens is 1. The van der Waals surface area contributed by atoms with E-state index in [2.05, 4.69) is 32.2 Å². The molecule has 0 saturated carbocycles. The maximum atomic E-state index is 12.9. The maximum absolute atomic E-state index is 12.9. The molecule has 28 heavy (non-hydrogen) atoms. The molecule has 1 aliphatic rings. The molecule has 0 bridgehead atoms. The molecule has 2 aromatic heterocycles. The Bertz CT molecular complexity index is 923. The topological polar surface area (TPSA) is 74.3 Å². The molecule has 7 nitrogen and oxygen atoms in total. The van der Waals surface area contributed by atoms with E-state index in [-0.39, 0.29) is 5.91 Å². The van der Waals surface area contributed by atoms with Crippen LogP contribution in [0.25, 0.3) is 11.4 Å². The van der Waals surface area contributed by atoms with Gasteiger partial charge in [-0.25, -0.2) is 0 Å². The van der Waals surface area contributed by atoms with E-state index in [1.54, 1.807) is 19.4 Å². The van der Waals surface area contributed by atoms with Crippen LogP contribution in [-0.4, -0.2) is 59.3 Å². The number of pyridine rings is 1. The molecular formula is C21H23N5O2. The van der Waals surface area contributed by atoms with E-state index in [0.29, 0.717) is 17.9 Å². The number of rotatable bonds is 4. The van der Waals surface area contributed by atoms with Crippen molar-refractivity contribution in [1.29, 1.82) is 0 Å². The standard InChI is InChI=1S/C21H23N5O2/c1-28-17-8-6-16(7-9-17)25-11-4-12-26(14-13-25)21(27)20-15-19(23-24-20)18-5-2-3-10-22-18/h2-3,5-10,15H,4,11-14H2,1H3,(H,23,24). The highest BCUT2D eigenvalue weighted by molar-refractivity contribution is 5.93. The lowest BCUT2D eigenvalue weighted by atomic mass is 10.2. The molecule has 0 radical (unpaired) electrons. The Balaban J connectivity index is 1.42. The van der Waals surface area contributed by atoms with Gasteiger partial charge in [0.05, 0.1) is 12.8 Å². The fourth-order valence-electron chi connectivity index (χ4n) is 3.42. The van der Waals surface area contributed by atoms with Gasteiger partial charge in [-0.05, 0) is 48.9 Å². The fourth-order valence-corrected chi connectivity index (χ4v) is 3.42. The predicted molar refractivity (Wildman–Crippen MR) is 108 cm³/mol. The van der Waals surface area contributed by atoms with Crippen LogP contribution in [0.5, 0.6) is 5.75 Å². The molecule has 144 valence electrons. The summed E-state index contributed by atoms with van der Waals surface area (Å²) in [7, 11) is 1.67. The number of hydrogen-bond acceptors (Lipinski definition) is 5. The summed E-state index contributed by atoms with van der Waals surface area (Å²) in [4.78, 5) is 21.4. The summed E-state index contributed by atoms with van der Waals surface area (Å²) >= 11 is 0. The number of aromatic nitrogens is 3. The number of methoxy groups -OCH3 is 1. The number of hydrogen-bond donors (Lipinski definition) is 1. The van der Waals surface area contributed by atoms with Crippen LogP contribution in [0.15, 0.2) is 54.7 Å². The molecule has 0 aliphatic carbocycles. The molecule has 1 aromatic carbocycles. The zero-order valence-corrected chi connectivity index (χ0v) is 15.8. The van der Waals surface area contributed by atoms with Crippen molar-refractivity contribution < 1.29 is 9.53 Å². The number of nitrogens with zero attached hydrogens (tertiary/aromatic N) is 4. The summed E-state index contributed by atoms with van der Waals surface area (Å²) < 4.78 is 5.23. The summed E-state index contributed by atoms with van der Waals surface area (Å²) in [6, 6.07) is 15.5. The Kier molecular flexibility index (Phi) is 5.23. The summed E-state index contributed by atoms with van der Waals surface area (Å²) in [5.74, 6) is 0.824. The van der Waals surface area contributed by atoms with E-state index in [4.69, 9.17) is 4.74 Å². The lowest BCUT2D eigenvalue weighted by Crippen LogP contribution is -2.35. The fraction of sp³-hybridized carbons (Fsp3) is 0.286. The van der Waals surface area contributed by atoms with E-state index >= 15 is 0 Å². The molecule has 0 atom stereocenters. The van der Waals surface area contributed by atoms with Gasteiger partial charge in [0.25, 0.3) is 5.91 Å². The average molecular weight is 377 g/mol. The average Bonchev–Trinajstić information content (AvgIpc) is 3.12. The first-order valence-electron chi connectivity index (χ1n) is 9.40. The van der Waals surface area contributed by atoms with Crippen LogP contribution in [0.3, 0.4) is 0 Å². The lowest BCUT2D eigenvalue weighted by molar-refractivity contribution is 0.0761. The van der Waals surface area contributed by atoms with Crippen molar-refractivity contribution >= 4 is 11.6 Å². The highest BCUT2D eigenvalue weighted by Gasteiger charge is 2.22. The smallest absolute Gasteiger partial charge is 0.271 e. The molecule has 0 unspecified atom stereocenters. The summed E-state index contributed by atoms with van der Waals surface area (Å²) in [5.41, 5.74) is 3.07. The maximum Gasteiger partial charge on any atom is 0.271 e. The highest BCUT2D eigenvalue weighted by atomic mass is 16.5. The second-order valence-electron chi connectivity index (χ2n) is 6.71. The minimum absolute atomic E-state index is 0.0220. The summed E-state index contributed by atoms with van der Waals surface area (Å²) in [6.07, 6.45) is 2.63. The summed E-state index contributed by atoms with van der Waals surface area (Å²) in [5, 5.41) is 7.12. The van der Waals surface area contributed by atoms with Gasteiger partial charge in [0.2, 0.25) is 0 Å². The van der Waals surface area contributed by atoms with Crippen LogP contribution in [-0.2, 0) is 0 Å². The third-order valence-corrected chi connectivity index (χ3v) is 4.96. The number of anilines is 1. The van der Waals surface area contributed by atoms with Crippen LogP contribution in [0.2, 0.25) is 0 Å². The van der Waals surface area contributed by atoms with E-state index in [1.807, 2.05) is 35.2 Å². The molecule has 1 fully saturated rings. The molecule has 1 aliphatic heterocycles. The molecule has 0 spiro atoms. The Morgan fingerprint density at radius 3 is 2.64 bits per heavy atom. The third-order valence-electron chi connectivity index (χ3n) is 4.96. The number of aromatic amines is 1. The van der Waals surface area contributed by atoms with Crippen molar-refractivity contribution in [3.63, 3.8) is 0 Å². The van der Waals surface area contributed by atoms with E-state index < -0.39 is 0 Å². The lowest BCUT2D eigenvalue weighted by Gasteiger charge is -2.23. The SMILES string of the molecule is COc1ccc(N2CCCN(C(=O)c3cc(-c4ccccn4)n[nH]3)CC2)cc1. The molecule has 4 rings (SSSR count). The van der Waals surface area contributed by atoms with Crippen LogP contribution in [0, 0.1) is 0 Å². The normalized spacial score (nSPS) is 14.6. The Morgan fingerprint density at radius 2 is 1.89 bits per heavy atom. The van der Waals surface area contributed by atoms with Crippen molar-refractivity contribution in [2.45, 2.75) is 6.42 Å². The number of benzene rings is 1. The monoisotopic (exact) mass is 377 g/mol. The number of carbonyl (C=O) groups is 1. The van der Waals surface area contributed by atoms with Gasteiger partial charge in [0, 0.05) is 38.1 Å². The van der Waals surface area contributed by atoms with Crippen molar-refractivity contribution in [3.8, 4) is 17.1 Å². The van der Waals surface area contributed by atoms with Gasteiger partial charge in [-0.1, -0.05) is 6.07 Å². The Morgan fingerprint density at radius 1 is 1.04 bits per heavy atom. The van der Waals surface area contributed by atoms with Crippen LogP contribution >= 0.6 is 0 Å². The minimum atomic E-state index is -0.0220. The van der Waals surface area contributed by atoms with Crippen LogP contribution in [0.1, 0.15) is 16.9 Å². The Hall–Kier alpha value is -3.35. The van der Waals surface area contributed by atoms with Gasteiger partial charge in [-0.3, -0.25) is 14.9 Å². The van der Waals surface area contributed by atoms with Crippen LogP contribution < -0.4 is 9.64 Å². The first-order chi connectivity index (χ1) is 13.7. The largest absolute Gasteiger partial charge is 0.497 e. The van der Waals surface area contributed by atoms with Crippen molar-refractivity contribution in [2.24, 2.45) is 0 Å². The van der Waals surface area contributed by atoms with Gasteiger partial charge >= 0.3 is 0 Å². The first-order valence-corrected chi connectivity index (χ1v) is 9.40. The highest BCUT2D eigenvalue weighted by Crippen LogP contribution is 2.21. The zero-order chi connectivity index (χ0) is 19.3. The van der Waals surface area contributed by atoms with Crippen molar-refractivity contribution in [2.75, 3.05) is 38.2 Å². The molecule has 7 heteroatoms. The molecular weight excluding hydrogens is 354 g/mol. The van der Waals surface area contributed by atoms with Crippen LogP contribution in [0.4, 0.5) is 5.69 Å². The minimum Gasteiger partial charge on any atom is -0.497 e. The number of carbonyl (C=O) groups excluding carboxylic acids is 1. The molecule has 1 amide bonds. The zero-order valence-electron chi connectivity index (χ0n) is 15.8. The van der Waals surface area contributed by atoms with E-state index in [9.17, 15) is 4.79 Å². The van der Waals surface area contributed by atoms with Gasteiger partial charge in [0.1, 0.15) is 17.1 Å².